The molecule has 0 aliphatic carbocycles. The van der Waals surface area contributed by atoms with Gasteiger partial charge in [-0.05, 0) is 17.5 Å². The van der Waals surface area contributed by atoms with Crippen molar-refractivity contribution in [1.82, 2.24) is 0 Å². The molecule has 1 aromatic rings. The molecular weight excluding hydrogens is 200 g/mol. The molecule has 0 saturated heterocycles. The molecule has 0 fully saturated rings. The molecule has 16 heavy (non-hydrogen) atoms. The number of ether oxygens (including phenoxy) is 1. The Morgan fingerprint density at radius 2 is 2.31 bits per heavy atom. The van der Waals surface area contributed by atoms with E-state index >= 15 is 0 Å². The number of benzene rings is 1. The van der Waals surface area contributed by atoms with E-state index in [0.717, 1.165) is 24.0 Å². The summed E-state index contributed by atoms with van der Waals surface area (Å²) in [6, 6.07) is 7.76. The maximum absolute atomic E-state index is 11.4. The molecule has 0 heterocycles. The third-order valence-electron chi connectivity index (χ3n) is 2.30. The second-order valence-corrected chi connectivity index (χ2v) is 3.70. The van der Waals surface area contributed by atoms with Gasteiger partial charge in [-0.1, -0.05) is 50.3 Å². The first-order valence-electron chi connectivity index (χ1n) is 5.63. The minimum atomic E-state index is -0.158. The van der Waals surface area contributed by atoms with Gasteiger partial charge >= 0.3 is 5.97 Å². The molecule has 0 unspecified atom stereocenters. The Labute approximate surface area is 96.9 Å². The van der Waals surface area contributed by atoms with Crippen LogP contribution in [0.15, 0.2) is 30.8 Å². The molecule has 0 aliphatic rings. The van der Waals surface area contributed by atoms with E-state index in [0.29, 0.717) is 13.0 Å². The largest absolute Gasteiger partial charge is 0.465 e. The van der Waals surface area contributed by atoms with Crippen LogP contribution in [0.3, 0.4) is 0 Å². The van der Waals surface area contributed by atoms with Gasteiger partial charge in [0.1, 0.15) is 0 Å². The van der Waals surface area contributed by atoms with E-state index in [1.54, 1.807) is 6.08 Å². The number of carbonyl (C=O) groups is 1. The monoisotopic (exact) mass is 218 g/mol. The quantitative estimate of drug-likeness (QED) is 0.541. The van der Waals surface area contributed by atoms with Crippen LogP contribution in [0.1, 0.15) is 30.9 Å². The van der Waals surface area contributed by atoms with Gasteiger partial charge in [0.05, 0.1) is 13.0 Å². The second kappa shape index (κ2) is 6.83. The van der Waals surface area contributed by atoms with E-state index in [9.17, 15) is 4.79 Å². The van der Waals surface area contributed by atoms with Crippen molar-refractivity contribution in [1.29, 1.82) is 0 Å². The summed E-state index contributed by atoms with van der Waals surface area (Å²) in [5.74, 6) is -0.158. The van der Waals surface area contributed by atoms with E-state index in [2.05, 4.69) is 13.5 Å². The molecule has 0 amide bonds. The van der Waals surface area contributed by atoms with Crippen molar-refractivity contribution in [3.05, 3.63) is 42.0 Å². The van der Waals surface area contributed by atoms with Crippen LogP contribution < -0.4 is 0 Å². The molecule has 0 bridgehead atoms. The number of unbranched alkanes of at least 4 members (excludes halogenated alkanes) is 1. The van der Waals surface area contributed by atoms with Crippen molar-refractivity contribution in [2.75, 3.05) is 6.61 Å². The molecule has 2 nitrogen and oxygen atoms in total. The van der Waals surface area contributed by atoms with Gasteiger partial charge in [-0.2, -0.15) is 0 Å². The maximum Gasteiger partial charge on any atom is 0.310 e. The highest BCUT2D eigenvalue weighted by atomic mass is 16.5. The van der Waals surface area contributed by atoms with Crippen LogP contribution in [-0.4, -0.2) is 12.6 Å². The van der Waals surface area contributed by atoms with Gasteiger partial charge in [0.2, 0.25) is 0 Å². The second-order valence-electron chi connectivity index (χ2n) is 3.70. The number of hydrogen-bond donors (Lipinski definition) is 0. The zero-order chi connectivity index (χ0) is 11.8. The summed E-state index contributed by atoms with van der Waals surface area (Å²) in [6.45, 7) is 6.29. The van der Waals surface area contributed by atoms with E-state index in [4.69, 9.17) is 4.74 Å². The van der Waals surface area contributed by atoms with E-state index in [1.807, 2.05) is 24.3 Å². The van der Waals surface area contributed by atoms with E-state index in [1.165, 1.54) is 0 Å². The first-order valence-corrected chi connectivity index (χ1v) is 5.63. The maximum atomic E-state index is 11.4. The third-order valence-corrected chi connectivity index (χ3v) is 2.30. The average molecular weight is 218 g/mol. The van der Waals surface area contributed by atoms with Gasteiger partial charge in [0.25, 0.3) is 0 Å². The normalized spacial score (nSPS) is 9.81. The SMILES string of the molecule is C=Cc1cccc(CC(=O)OCCCC)c1. The molecule has 0 saturated carbocycles. The zero-order valence-electron chi connectivity index (χ0n) is 9.74. The lowest BCUT2D eigenvalue weighted by molar-refractivity contribution is -0.142. The molecule has 1 aromatic carbocycles. The molecule has 1 rings (SSSR count). The Kier molecular flexibility index (Phi) is 5.34. The number of esters is 1. The molecule has 0 spiro atoms. The van der Waals surface area contributed by atoms with E-state index < -0.39 is 0 Å². The van der Waals surface area contributed by atoms with Crippen LogP contribution in [0.25, 0.3) is 6.08 Å². The predicted molar refractivity (Wildman–Crippen MR) is 66.1 cm³/mol. The Bertz CT molecular complexity index is 356. The Morgan fingerprint density at radius 1 is 1.50 bits per heavy atom. The molecule has 0 aromatic heterocycles. The van der Waals surface area contributed by atoms with Crippen molar-refractivity contribution in [2.45, 2.75) is 26.2 Å². The first kappa shape index (κ1) is 12.5. The number of rotatable bonds is 6. The number of carbonyl (C=O) groups excluding carboxylic acids is 1. The Balaban J connectivity index is 2.46. The summed E-state index contributed by atoms with van der Waals surface area (Å²) >= 11 is 0. The summed E-state index contributed by atoms with van der Waals surface area (Å²) in [5, 5.41) is 0. The zero-order valence-corrected chi connectivity index (χ0v) is 9.74. The van der Waals surface area contributed by atoms with Crippen molar-refractivity contribution in [2.24, 2.45) is 0 Å². The Morgan fingerprint density at radius 3 is 3.00 bits per heavy atom. The minimum absolute atomic E-state index is 0.158. The molecule has 2 heteroatoms. The molecule has 86 valence electrons. The van der Waals surface area contributed by atoms with Crippen molar-refractivity contribution in [3.8, 4) is 0 Å². The lowest BCUT2D eigenvalue weighted by atomic mass is 10.1. The van der Waals surface area contributed by atoms with Gasteiger partial charge in [-0.15, -0.1) is 0 Å². The van der Waals surface area contributed by atoms with Crippen LogP contribution in [0.5, 0.6) is 0 Å². The number of hydrogen-bond acceptors (Lipinski definition) is 2. The molecule has 0 aliphatic heterocycles. The van der Waals surface area contributed by atoms with Gasteiger partial charge < -0.3 is 4.74 Å². The topological polar surface area (TPSA) is 26.3 Å². The lowest BCUT2D eigenvalue weighted by Crippen LogP contribution is -2.08. The van der Waals surface area contributed by atoms with E-state index in [-0.39, 0.29) is 5.97 Å². The van der Waals surface area contributed by atoms with Gasteiger partial charge in [0, 0.05) is 0 Å². The van der Waals surface area contributed by atoms with Crippen molar-refractivity contribution < 1.29 is 9.53 Å². The highest BCUT2D eigenvalue weighted by Gasteiger charge is 2.04. The van der Waals surface area contributed by atoms with Crippen LogP contribution >= 0.6 is 0 Å². The smallest absolute Gasteiger partial charge is 0.310 e. The summed E-state index contributed by atoms with van der Waals surface area (Å²) in [5.41, 5.74) is 2.00. The summed E-state index contributed by atoms with van der Waals surface area (Å²) in [6.07, 6.45) is 4.08. The summed E-state index contributed by atoms with van der Waals surface area (Å²) in [4.78, 5) is 11.4. The molecule has 0 atom stereocenters. The minimum Gasteiger partial charge on any atom is -0.465 e. The van der Waals surface area contributed by atoms with Crippen LogP contribution in [0.2, 0.25) is 0 Å². The average Bonchev–Trinajstić information content (AvgIpc) is 2.29. The highest BCUT2D eigenvalue weighted by molar-refractivity contribution is 5.72. The summed E-state index contributed by atoms with van der Waals surface area (Å²) in [7, 11) is 0. The van der Waals surface area contributed by atoms with Crippen LogP contribution in [-0.2, 0) is 16.0 Å². The fourth-order valence-corrected chi connectivity index (χ4v) is 1.38. The fraction of sp³-hybridized carbons (Fsp3) is 0.357. The van der Waals surface area contributed by atoms with Gasteiger partial charge in [0.15, 0.2) is 0 Å². The third kappa shape index (κ3) is 4.30. The predicted octanol–water partition coefficient (Wildman–Crippen LogP) is 3.22. The van der Waals surface area contributed by atoms with Crippen LogP contribution in [0, 0.1) is 0 Å². The van der Waals surface area contributed by atoms with Crippen molar-refractivity contribution >= 4 is 12.0 Å². The molecule has 0 radical (unpaired) electrons. The van der Waals surface area contributed by atoms with Gasteiger partial charge in [-0.3, -0.25) is 4.79 Å². The first-order chi connectivity index (χ1) is 7.76. The fourth-order valence-electron chi connectivity index (χ4n) is 1.38. The highest BCUT2D eigenvalue weighted by Crippen LogP contribution is 2.07. The lowest BCUT2D eigenvalue weighted by Gasteiger charge is -2.04. The molecule has 0 N–H and O–H groups in total. The standard InChI is InChI=1S/C14H18O2/c1-3-5-9-16-14(15)11-13-8-6-7-12(4-2)10-13/h4,6-8,10H,2-3,5,9,11H2,1H3. The van der Waals surface area contributed by atoms with Gasteiger partial charge in [-0.25, -0.2) is 0 Å². The Hall–Kier alpha value is -1.57. The van der Waals surface area contributed by atoms with Crippen molar-refractivity contribution in [3.63, 3.8) is 0 Å². The molecular formula is C14H18O2. The van der Waals surface area contributed by atoms with Crippen LogP contribution in [0.4, 0.5) is 0 Å². The summed E-state index contributed by atoms with van der Waals surface area (Å²) < 4.78 is 5.10.